The van der Waals surface area contributed by atoms with Gasteiger partial charge in [-0.15, -0.1) is 0 Å². The predicted octanol–water partition coefficient (Wildman–Crippen LogP) is 4.58. The largest absolute Gasteiger partial charge is 0.368 e. The summed E-state index contributed by atoms with van der Waals surface area (Å²) in [7, 11) is 0. The van der Waals surface area contributed by atoms with Crippen molar-refractivity contribution in [2.24, 2.45) is 0 Å². The van der Waals surface area contributed by atoms with Gasteiger partial charge in [-0.1, -0.05) is 36.2 Å². The molecule has 0 bridgehead atoms. The van der Waals surface area contributed by atoms with Gasteiger partial charge in [-0.25, -0.2) is 0 Å². The molecule has 0 atom stereocenters. The summed E-state index contributed by atoms with van der Waals surface area (Å²) in [6.45, 7) is 4.96. The third kappa shape index (κ3) is 6.69. The van der Waals surface area contributed by atoms with Gasteiger partial charge in [0.05, 0.1) is 0 Å². The van der Waals surface area contributed by atoms with Gasteiger partial charge in [-0.2, -0.15) is 0 Å². The van der Waals surface area contributed by atoms with E-state index in [1.54, 1.807) is 24.3 Å². The average Bonchev–Trinajstić information content (AvgIpc) is 2.78. The van der Waals surface area contributed by atoms with Crippen LogP contribution in [-0.4, -0.2) is 48.0 Å². The number of thiocarbonyl (C=S) groups is 1. The molecule has 1 aliphatic heterocycles. The Kier molecular flexibility index (Phi) is 8.50. The number of halogens is 2. The van der Waals surface area contributed by atoms with Crippen molar-refractivity contribution in [2.45, 2.75) is 13.3 Å². The van der Waals surface area contributed by atoms with E-state index in [1.807, 2.05) is 36.1 Å². The van der Waals surface area contributed by atoms with Crippen LogP contribution in [0.1, 0.15) is 18.9 Å². The van der Waals surface area contributed by atoms with Crippen molar-refractivity contribution in [3.05, 3.63) is 64.1 Å². The number of rotatable bonds is 5. The number of carbonyl (C=O) groups excluding carboxylic acids is 2. The number of benzene rings is 2. The minimum Gasteiger partial charge on any atom is -0.368 e. The van der Waals surface area contributed by atoms with Crippen LogP contribution < -0.4 is 15.5 Å². The molecule has 0 aromatic heterocycles. The molecular formula is C23H24Cl2N4O2S. The van der Waals surface area contributed by atoms with Crippen LogP contribution in [-0.2, 0) is 9.59 Å². The van der Waals surface area contributed by atoms with E-state index in [9.17, 15) is 9.59 Å². The molecule has 2 amide bonds. The Morgan fingerprint density at radius 1 is 1.06 bits per heavy atom. The van der Waals surface area contributed by atoms with Crippen LogP contribution in [0, 0.1) is 0 Å². The van der Waals surface area contributed by atoms with E-state index in [4.69, 9.17) is 35.4 Å². The Balaban J connectivity index is 1.48. The van der Waals surface area contributed by atoms with Gasteiger partial charge in [0.1, 0.15) is 0 Å². The first-order chi connectivity index (χ1) is 15.4. The summed E-state index contributed by atoms with van der Waals surface area (Å²) in [6.07, 6.45) is 3.50. The van der Waals surface area contributed by atoms with E-state index in [-0.39, 0.29) is 16.9 Å². The topological polar surface area (TPSA) is 64.7 Å². The number of nitrogens with zero attached hydrogens (tertiary/aromatic N) is 2. The van der Waals surface area contributed by atoms with Gasteiger partial charge in [-0.3, -0.25) is 14.9 Å². The summed E-state index contributed by atoms with van der Waals surface area (Å²) in [6, 6.07) is 12.8. The Hall–Kier alpha value is -2.61. The van der Waals surface area contributed by atoms with E-state index >= 15 is 0 Å². The van der Waals surface area contributed by atoms with E-state index in [0.29, 0.717) is 22.0 Å². The van der Waals surface area contributed by atoms with Gasteiger partial charge < -0.3 is 15.1 Å². The molecule has 2 N–H and O–H groups in total. The lowest BCUT2D eigenvalue weighted by atomic mass is 10.2. The average molecular weight is 491 g/mol. The van der Waals surface area contributed by atoms with Crippen molar-refractivity contribution in [3.8, 4) is 0 Å². The van der Waals surface area contributed by atoms with E-state index < -0.39 is 0 Å². The van der Waals surface area contributed by atoms with Crippen molar-refractivity contribution >= 4 is 69.8 Å². The first kappa shape index (κ1) is 24.0. The molecule has 2 aromatic rings. The van der Waals surface area contributed by atoms with E-state index in [0.717, 1.165) is 37.6 Å². The van der Waals surface area contributed by atoms with Crippen molar-refractivity contribution < 1.29 is 9.59 Å². The summed E-state index contributed by atoms with van der Waals surface area (Å²) >= 11 is 17.2. The molecule has 32 heavy (non-hydrogen) atoms. The molecule has 0 radical (unpaired) electrons. The van der Waals surface area contributed by atoms with E-state index in [2.05, 4.69) is 15.5 Å². The number of anilines is 2. The number of hydrogen-bond donors (Lipinski definition) is 2. The normalized spacial score (nSPS) is 13.8. The Morgan fingerprint density at radius 2 is 1.75 bits per heavy atom. The van der Waals surface area contributed by atoms with Crippen LogP contribution in [0.4, 0.5) is 11.4 Å². The maximum Gasteiger partial charge on any atom is 0.250 e. The second kappa shape index (κ2) is 11.3. The highest BCUT2D eigenvalue weighted by atomic mass is 35.5. The summed E-state index contributed by atoms with van der Waals surface area (Å²) in [5, 5.41) is 6.79. The highest BCUT2D eigenvalue weighted by Crippen LogP contribution is 2.22. The summed E-state index contributed by atoms with van der Waals surface area (Å²) in [5.41, 5.74) is 2.53. The standard InChI is InChI=1S/C23H24Cl2N4O2S/c1-2-22(31)29-13-11-28(12-14-29)19-8-6-18(7-9-19)26-23(32)27-21(30)10-4-16-3-5-17(24)15-20(16)25/h3-10,15H,2,11-14H2,1H3,(H2,26,27,30,32). The zero-order valence-electron chi connectivity index (χ0n) is 17.6. The van der Waals surface area contributed by atoms with Gasteiger partial charge in [0.2, 0.25) is 11.8 Å². The van der Waals surface area contributed by atoms with Gasteiger partial charge in [0.25, 0.3) is 0 Å². The molecular weight excluding hydrogens is 467 g/mol. The highest BCUT2D eigenvalue weighted by Gasteiger charge is 2.20. The Labute approximate surface area is 203 Å². The van der Waals surface area contributed by atoms with Crippen LogP contribution in [0.2, 0.25) is 10.0 Å². The van der Waals surface area contributed by atoms with Crippen molar-refractivity contribution in [3.63, 3.8) is 0 Å². The fourth-order valence-electron chi connectivity index (χ4n) is 3.31. The SMILES string of the molecule is CCC(=O)N1CCN(c2ccc(NC(=S)NC(=O)C=Cc3ccc(Cl)cc3Cl)cc2)CC1. The molecule has 1 fully saturated rings. The molecule has 0 saturated carbocycles. The van der Waals surface area contributed by atoms with Crippen LogP contribution in [0.3, 0.4) is 0 Å². The second-order valence-electron chi connectivity index (χ2n) is 7.21. The smallest absolute Gasteiger partial charge is 0.250 e. The van der Waals surface area contributed by atoms with Crippen molar-refractivity contribution in [2.75, 3.05) is 36.4 Å². The number of carbonyl (C=O) groups is 2. The molecule has 1 aliphatic rings. The van der Waals surface area contributed by atoms with Gasteiger partial charge in [-0.05, 0) is 60.3 Å². The summed E-state index contributed by atoms with van der Waals surface area (Å²) < 4.78 is 0. The molecule has 0 spiro atoms. The number of hydrogen-bond acceptors (Lipinski definition) is 4. The molecule has 3 rings (SSSR count). The van der Waals surface area contributed by atoms with Crippen LogP contribution in [0.5, 0.6) is 0 Å². The fourth-order valence-corrected chi connectivity index (χ4v) is 4.00. The Morgan fingerprint density at radius 3 is 2.38 bits per heavy atom. The lowest BCUT2D eigenvalue weighted by molar-refractivity contribution is -0.131. The molecule has 0 aliphatic carbocycles. The Bertz CT molecular complexity index is 1020. The third-order valence-corrected chi connectivity index (χ3v) is 5.81. The monoisotopic (exact) mass is 490 g/mol. The zero-order valence-corrected chi connectivity index (χ0v) is 19.9. The molecule has 6 nitrogen and oxygen atoms in total. The molecule has 1 saturated heterocycles. The molecule has 0 unspecified atom stereocenters. The minimum absolute atomic E-state index is 0.196. The van der Waals surface area contributed by atoms with Crippen LogP contribution in [0.15, 0.2) is 48.5 Å². The van der Waals surface area contributed by atoms with Gasteiger partial charge >= 0.3 is 0 Å². The van der Waals surface area contributed by atoms with Gasteiger partial charge in [0.15, 0.2) is 5.11 Å². The zero-order chi connectivity index (χ0) is 23.1. The maximum atomic E-state index is 12.1. The molecule has 168 valence electrons. The number of piperazine rings is 1. The lowest BCUT2D eigenvalue weighted by Crippen LogP contribution is -2.48. The molecule has 2 aromatic carbocycles. The van der Waals surface area contributed by atoms with Crippen molar-refractivity contribution in [1.29, 1.82) is 0 Å². The first-order valence-corrected chi connectivity index (χ1v) is 11.4. The molecule has 1 heterocycles. The number of nitrogens with one attached hydrogen (secondary N) is 2. The lowest BCUT2D eigenvalue weighted by Gasteiger charge is -2.36. The summed E-state index contributed by atoms with van der Waals surface area (Å²) in [5.74, 6) is -0.171. The summed E-state index contributed by atoms with van der Waals surface area (Å²) in [4.78, 5) is 28.1. The second-order valence-corrected chi connectivity index (χ2v) is 8.46. The quantitative estimate of drug-likeness (QED) is 0.474. The molecule has 9 heteroatoms. The van der Waals surface area contributed by atoms with Crippen LogP contribution in [0.25, 0.3) is 6.08 Å². The highest BCUT2D eigenvalue weighted by molar-refractivity contribution is 7.80. The third-order valence-electron chi connectivity index (χ3n) is 5.04. The van der Waals surface area contributed by atoms with Crippen LogP contribution >= 0.6 is 35.4 Å². The predicted molar refractivity (Wildman–Crippen MR) is 135 cm³/mol. The first-order valence-electron chi connectivity index (χ1n) is 10.2. The van der Waals surface area contributed by atoms with Gasteiger partial charge in [0, 0.05) is 60.1 Å². The van der Waals surface area contributed by atoms with E-state index in [1.165, 1.54) is 6.08 Å². The number of amides is 2. The fraction of sp³-hybridized carbons (Fsp3) is 0.261. The maximum absolute atomic E-state index is 12.1. The minimum atomic E-state index is -0.371. The van der Waals surface area contributed by atoms with Crippen molar-refractivity contribution in [1.82, 2.24) is 10.2 Å².